The predicted octanol–water partition coefficient (Wildman–Crippen LogP) is 3.11. The van der Waals surface area contributed by atoms with Crippen molar-refractivity contribution in [3.63, 3.8) is 0 Å². The van der Waals surface area contributed by atoms with Crippen LogP contribution in [-0.2, 0) is 4.79 Å². The number of benzene rings is 2. The summed E-state index contributed by atoms with van der Waals surface area (Å²) in [6.07, 6.45) is 0.356. The average molecular weight is 342 g/mol. The molecule has 4 nitrogen and oxygen atoms in total. The summed E-state index contributed by atoms with van der Waals surface area (Å²) in [6, 6.07) is 16.1. The summed E-state index contributed by atoms with van der Waals surface area (Å²) in [5.41, 5.74) is 1.03. The number of halogens is 1. The Hall–Kier alpha value is -2.40. The minimum atomic E-state index is -0.242. The number of amides is 1. The number of ether oxygens (including phenoxy) is 1. The van der Waals surface area contributed by atoms with Gasteiger partial charge in [-0.1, -0.05) is 30.3 Å². The molecule has 1 aliphatic rings. The van der Waals surface area contributed by atoms with E-state index in [9.17, 15) is 9.18 Å². The zero-order chi connectivity index (χ0) is 17.6. The molecular weight excluding hydrogens is 319 g/mol. The summed E-state index contributed by atoms with van der Waals surface area (Å²) < 4.78 is 18.8. The van der Waals surface area contributed by atoms with Crippen LogP contribution in [0.4, 0.5) is 4.39 Å². The molecule has 2 aromatic carbocycles. The molecule has 5 heteroatoms. The number of carbonyl (C=O) groups excluding carboxylic acids is 1. The zero-order valence-electron chi connectivity index (χ0n) is 14.4. The molecule has 1 fully saturated rings. The lowest BCUT2D eigenvalue weighted by Gasteiger charge is -2.39. The standard InChI is InChI=1S/C20H23FN2O2/c1-22-12-13-23(15-19(22)16-7-9-17(21)10-8-16)20(24)11-14-25-18-5-3-2-4-6-18/h2-10,19H,11-15H2,1H3. The van der Waals surface area contributed by atoms with Crippen molar-refractivity contribution in [1.29, 1.82) is 0 Å². The van der Waals surface area contributed by atoms with Crippen molar-refractivity contribution in [3.8, 4) is 5.75 Å². The first-order chi connectivity index (χ1) is 12.1. The van der Waals surface area contributed by atoms with E-state index in [2.05, 4.69) is 4.90 Å². The SMILES string of the molecule is CN1CCN(C(=O)CCOc2ccccc2)CC1c1ccc(F)cc1. The molecule has 0 saturated carbocycles. The number of piperazine rings is 1. The maximum Gasteiger partial charge on any atom is 0.226 e. The van der Waals surface area contributed by atoms with E-state index in [1.807, 2.05) is 42.3 Å². The molecule has 3 rings (SSSR count). The molecule has 0 aliphatic carbocycles. The zero-order valence-corrected chi connectivity index (χ0v) is 14.4. The Labute approximate surface area is 147 Å². The summed E-state index contributed by atoms with van der Waals surface area (Å²) in [4.78, 5) is 16.6. The molecule has 0 spiro atoms. The van der Waals surface area contributed by atoms with Gasteiger partial charge < -0.3 is 9.64 Å². The Morgan fingerprint density at radius 1 is 1.12 bits per heavy atom. The van der Waals surface area contributed by atoms with Crippen LogP contribution in [0.1, 0.15) is 18.0 Å². The molecule has 0 N–H and O–H groups in total. The van der Waals surface area contributed by atoms with Crippen LogP contribution >= 0.6 is 0 Å². The van der Waals surface area contributed by atoms with E-state index in [0.717, 1.165) is 17.9 Å². The molecule has 1 amide bonds. The van der Waals surface area contributed by atoms with Crippen molar-refractivity contribution in [3.05, 3.63) is 66.0 Å². The molecule has 1 atom stereocenters. The van der Waals surface area contributed by atoms with E-state index in [0.29, 0.717) is 26.1 Å². The number of carbonyl (C=O) groups is 1. The quantitative estimate of drug-likeness (QED) is 0.837. The minimum absolute atomic E-state index is 0.0911. The third-order valence-corrected chi connectivity index (χ3v) is 4.58. The normalized spacial score (nSPS) is 18.2. The van der Waals surface area contributed by atoms with E-state index in [1.54, 1.807) is 12.1 Å². The first kappa shape index (κ1) is 17.4. The van der Waals surface area contributed by atoms with Crippen molar-refractivity contribution < 1.29 is 13.9 Å². The summed E-state index contributed by atoms with van der Waals surface area (Å²) in [5.74, 6) is 0.627. The monoisotopic (exact) mass is 342 g/mol. The van der Waals surface area contributed by atoms with Crippen molar-refractivity contribution >= 4 is 5.91 Å². The third kappa shape index (κ3) is 4.57. The fourth-order valence-electron chi connectivity index (χ4n) is 3.08. The summed E-state index contributed by atoms with van der Waals surface area (Å²) in [5, 5.41) is 0. The number of rotatable bonds is 5. The van der Waals surface area contributed by atoms with Gasteiger partial charge in [0.2, 0.25) is 5.91 Å². The van der Waals surface area contributed by atoms with Crippen LogP contribution in [0, 0.1) is 5.82 Å². The fourth-order valence-corrected chi connectivity index (χ4v) is 3.08. The largest absolute Gasteiger partial charge is 0.493 e. The maximum atomic E-state index is 13.1. The van der Waals surface area contributed by atoms with Crippen molar-refractivity contribution in [2.24, 2.45) is 0 Å². The fraction of sp³-hybridized carbons (Fsp3) is 0.350. The molecule has 25 heavy (non-hydrogen) atoms. The Balaban J connectivity index is 1.55. The van der Waals surface area contributed by atoms with Crippen LogP contribution in [0.15, 0.2) is 54.6 Å². The predicted molar refractivity (Wildman–Crippen MR) is 94.9 cm³/mol. The third-order valence-electron chi connectivity index (χ3n) is 4.58. The van der Waals surface area contributed by atoms with Crippen molar-refractivity contribution in [2.75, 3.05) is 33.3 Å². The van der Waals surface area contributed by atoms with Crippen LogP contribution in [0.3, 0.4) is 0 Å². The lowest BCUT2D eigenvalue weighted by Crippen LogP contribution is -2.49. The van der Waals surface area contributed by atoms with Gasteiger partial charge in [-0.25, -0.2) is 4.39 Å². The molecule has 2 aromatic rings. The van der Waals surface area contributed by atoms with Crippen molar-refractivity contribution in [2.45, 2.75) is 12.5 Å². The van der Waals surface area contributed by atoms with Crippen LogP contribution in [-0.4, -0.2) is 49.0 Å². The summed E-state index contributed by atoms with van der Waals surface area (Å²) in [6.45, 7) is 2.49. The Morgan fingerprint density at radius 2 is 1.84 bits per heavy atom. The highest BCUT2D eigenvalue weighted by Gasteiger charge is 2.28. The second-order valence-electron chi connectivity index (χ2n) is 6.30. The van der Waals surface area contributed by atoms with Gasteiger partial charge in [-0.05, 0) is 36.9 Å². The molecule has 1 saturated heterocycles. The van der Waals surface area contributed by atoms with E-state index >= 15 is 0 Å². The first-order valence-electron chi connectivity index (χ1n) is 8.55. The number of hydrogen-bond donors (Lipinski definition) is 0. The molecule has 1 aliphatic heterocycles. The van der Waals surface area contributed by atoms with Gasteiger partial charge in [-0.15, -0.1) is 0 Å². The van der Waals surface area contributed by atoms with Crippen LogP contribution in [0.2, 0.25) is 0 Å². The van der Waals surface area contributed by atoms with Crippen LogP contribution in [0.5, 0.6) is 5.75 Å². The van der Waals surface area contributed by atoms with E-state index in [1.165, 1.54) is 12.1 Å². The van der Waals surface area contributed by atoms with E-state index < -0.39 is 0 Å². The smallest absolute Gasteiger partial charge is 0.226 e. The van der Waals surface area contributed by atoms with E-state index in [4.69, 9.17) is 4.74 Å². The first-order valence-corrected chi connectivity index (χ1v) is 8.55. The maximum absolute atomic E-state index is 13.1. The second-order valence-corrected chi connectivity index (χ2v) is 6.30. The van der Waals surface area contributed by atoms with Gasteiger partial charge in [0, 0.05) is 19.6 Å². The highest BCUT2D eigenvalue weighted by molar-refractivity contribution is 5.76. The lowest BCUT2D eigenvalue weighted by atomic mass is 10.0. The highest BCUT2D eigenvalue weighted by Crippen LogP contribution is 2.24. The van der Waals surface area contributed by atoms with Gasteiger partial charge in [0.1, 0.15) is 11.6 Å². The molecule has 132 valence electrons. The molecule has 0 bridgehead atoms. The average Bonchev–Trinajstić information content (AvgIpc) is 2.64. The van der Waals surface area contributed by atoms with Crippen LogP contribution < -0.4 is 4.74 Å². The summed E-state index contributed by atoms with van der Waals surface area (Å²) >= 11 is 0. The molecule has 0 radical (unpaired) electrons. The van der Waals surface area contributed by atoms with Gasteiger partial charge >= 0.3 is 0 Å². The minimum Gasteiger partial charge on any atom is -0.493 e. The molecular formula is C20H23FN2O2. The molecule has 1 heterocycles. The number of hydrogen-bond acceptors (Lipinski definition) is 3. The summed E-state index contributed by atoms with van der Waals surface area (Å²) in [7, 11) is 2.04. The molecule has 0 aromatic heterocycles. The Kier molecular flexibility index (Phi) is 5.66. The van der Waals surface area contributed by atoms with Crippen molar-refractivity contribution in [1.82, 2.24) is 9.80 Å². The molecule has 1 unspecified atom stereocenters. The van der Waals surface area contributed by atoms with Gasteiger partial charge in [-0.3, -0.25) is 9.69 Å². The number of nitrogens with zero attached hydrogens (tertiary/aromatic N) is 2. The number of para-hydroxylation sites is 1. The van der Waals surface area contributed by atoms with Crippen LogP contribution in [0.25, 0.3) is 0 Å². The second kappa shape index (κ2) is 8.12. The van der Waals surface area contributed by atoms with Gasteiger partial charge in [0.25, 0.3) is 0 Å². The lowest BCUT2D eigenvalue weighted by molar-refractivity contribution is -0.134. The Morgan fingerprint density at radius 3 is 2.56 bits per heavy atom. The van der Waals surface area contributed by atoms with Gasteiger partial charge in [0.05, 0.1) is 19.1 Å². The van der Waals surface area contributed by atoms with Gasteiger partial charge in [-0.2, -0.15) is 0 Å². The van der Waals surface area contributed by atoms with Gasteiger partial charge in [0.15, 0.2) is 0 Å². The Bertz CT molecular complexity index is 691. The van der Waals surface area contributed by atoms with E-state index in [-0.39, 0.29) is 17.8 Å². The number of likely N-dealkylation sites (N-methyl/N-ethyl adjacent to an activating group) is 1. The highest BCUT2D eigenvalue weighted by atomic mass is 19.1. The topological polar surface area (TPSA) is 32.8 Å².